The monoisotopic (exact) mass is 324 g/mol. The third-order valence-electron chi connectivity index (χ3n) is 1.75. The minimum Gasteiger partial charge on any atom is -0.378 e. The van der Waals surface area contributed by atoms with E-state index in [2.05, 4.69) is 8.38 Å². The fraction of sp³-hybridized carbons (Fsp3) is 0.833. The van der Waals surface area contributed by atoms with Gasteiger partial charge in [0, 0.05) is 13.1 Å². The van der Waals surface area contributed by atoms with Crippen molar-refractivity contribution in [3.05, 3.63) is 0 Å². The highest BCUT2D eigenvalue weighted by molar-refractivity contribution is 14.1. The molecule has 1 heterocycles. The van der Waals surface area contributed by atoms with Crippen molar-refractivity contribution in [1.29, 1.82) is 0 Å². The number of hydrogen-bond acceptors (Lipinski definition) is 3. The van der Waals surface area contributed by atoms with Crippen LogP contribution in [0, 0.1) is 0 Å². The topological polar surface area (TPSA) is 41.6 Å². The van der Waals surface area contributed by atoms with Crippen molar-refractivity contribution in [2.75, 3.05) is 19.6 Å². The van der Waals surface area contributed by atoms with Crippen LogP contribution in [-0.4, -0.2) is 42.8 Å². The van der Waals surface area contributed by atoms with Crippen LogP contribution in [0.25, 0.3) is 0 Å². The molecule has 0 bridgehead atoms. The molecule has 0 spiro atoms. The molecule has 0 unspecified atom stereocenters. The molecule has 4 nitrogen and oxygen atoms in total. The van der Waals surface area contributed by atoms with Gasteiger partial charge in [-0.3, -0.25) is 4.90 Å². The van der Waals surface area contributed by atoms with Crippen molar-refractivity contribution in [1.82, 2.24) is 10.2 Å². The molecule has 0 saturated carbocycles. The summed E-state index contributed by atoms with van der Waals surface area (Å²) in [6.07, 6.45) is -4.79. The Morgan fingerprint density at radius 2 is 2.14 bits per heavy atom. The predicted octanol–water partition coefficient (Wildman–Crippen LogP) is 1.31. The van der Waals surface area contributed by atoms with E-state index in [1.807, 2.05) is 0 Å². The van der Waals surface area contributed by atoms with Crippen LogP contribution < -0.4 is 5.32 Å². The molecule has 0 atom stereocenters. The van der Waals surface area contributed by atoms with E-state index < -0.39 is 18.8 Å². The molecule has 1 fully saturated rings. The van der Waals surface area contributed by atoms with Crippen LogP contribution in [0.15, 0.2) is 0 Å². The van der Waals surface area contributed by atoms with Gasteiger partial charge in [-0.1, -0.05) is 0 Å². The number of halogens is 4. The molecule has 1 N–H and O–H groups in total. The van der Waals surface area contributed by atoms with E-state index in [9.17, 15) is 18.0 Å². The van der Waals surface area contributed by atoms with Crippen molar-refractivity contribution in [2.45, 2.75) is 12.2 Å². The SMILES string of the molecule is O=C(NC1CN(CC(F)(F)F)C1)OI. The van der Waals surface area contributed by atoms with Gasteiger partial charge >= 0.3 is 12.3 Å². The molecule has 8 heteroatoms. The van der Waals surface area contributed by atoms with Crippen LogP contribution >= 0.6 is 23.0 Å². The van der Waals surface area contributed by atoms with Gasteiger partial charge in [-0.15, -0.1) is 0 Å². The van der Waals surface area contributed by atoms with Crippen LogP contribution in [0.5, 0.6) is 0 Å². The van der Waals surface area contributed by atoms with Gasteiger partial charge in [0.2, 0.25) is 0 Å². The lowest BCUT2D eigenvalue weighted by atomic mass is 10.1. The third kappa shape index (κ3) is 3.86. The first kappa shape index (κ1) is 11.8. The summed E-state index contributed by atoms with van der Waals surface area (Å²) in [6.45, 7) is -0.499. The molecule has 0 radical (unpaired) electrons. The Bertz CT molecular complexity index is 218. The van der Waals surface area contributed by atoms with Crippen molar-refractivity contribution in [2.24, 2.45) is 0 Å². The summed E-state index contributed by atoms with van der Waals surface area (Å²) in [6, 6.07) is -0.236. The minimum atomic E-state index is -4.17. The summed E-state index contributed by atoms with van der Waals surface area (Å²) in [5, 5.41) is 2.40. The molecule has 1 rings (SSSR count). The van der Waals surface area contributed by atoms with Gasteiger partial charge in [0.25, 0.3) is 0 Å². The van der Waals surface area contributed by atoms with E-state index >= 15 is 0 Å². The maximum absolute atomic E-state index is 11.8. The van der Waals surface area contributed by atoms with Gasteiger partial charge in [0.15, 0.2) is 23.0 Å². The smallest absolute Gasteiger partial charge is 0.378 e. The lowest BCUT2D eigenvalue weighted by Gasteiger charge is -2.39. The largest absolute Gasteiger partial charge is 0.416 e. The lowest BCUT2D eigenvalue weighted by Crippen LogP contribution is -2.60. The van der Waals surface area contributed by atoms with Gasteiger partial charge < -0.3 is 8.38 Å². The molecular weight excluding hydrogens is 316 g/mol. The van der Waals surface area contributed by atoms with E-state index in [0.29, 0.717) is 0 Å². The Hall–Kier alpha value is -0.250. The Morgan fingerprint density at radius 1 is 1.57 bits per heavy atom. The first-order chi connectivity index (χ1) is 6.40. The number of rotatable bonds is 2. The summed E-state index contributed by atoms with van der Waals surface area (Å²) in [5.41, 5.74) is 0. The first-order valence-corrected chi connectivity index (χ1v) is 4.67. The molecule has 82 valence electrons. The summed E-state index contributed by atoms with van der Waals surface area (Å²) >= 11 is 1.41. The van der Waals surface area contributed by atoms with Crippen molar-refractivity contribution >= 4 is 29.1 Å². The summed E-state index contributed by atoms with van der Waals surface area (Å²) in [7, 11) is 0. The predicted molar refractivity (Wildman–Crippen MR) is 49.9 cm³/mol. The maximum Gasteiger partial charge on any atom is 0.416 e. The zero-order chi connectivity index (χ0) is 10.8. The van der Waals surface area contributed by atoms with Crippen LogP contribution in [0.3, 0.4) is 0 Å². The lowest BCUT2D eigenvalue weighted by molar-refractivity contribution is -0.155. The molecule has 0 aromatic heterocycles. The van der Waals surface area contributed by atoms with E-state index in [-0.39, 0.29) is 19.1 Å². The van der Waals surface area contributed by atoms with Gasteiger partial charge in [0.1, 0.15) is 0 Å². The van der Waals surface area contributed by atoms with Gasteiger partial charge in [-0.25, -0.2) is 4.79 Å². The Morgan fingerprint density at radius 3 is 2.57 bits per heavy atom. The van der Waals surface area contributed by atoms with Crippen LogP contribution in [0.1, 0.15) is 0 Å². The number of carbonyl (C=O) groups is 1. The Kier molecular flexibility index (Phi) is 3.81. The van der Waals surface area contributed by atoms with E-state index in [4.69, 9.17) is 0 Å². The highest BCUT2D eigenvalue weighted by atomic mass is 127. The molecule has 0 aromatic rings. The summed E-state index contributed by atoms with van der Waals surface area (Å²) in [4.78, 5) is 11.8. The number of alkyl halides is 3. The number of hydrogen-bond donors (Lipinski definition) is 1. The fourth-order valence-electron chi connectivity index (χ4n) is 1.23. The molecule has 1 saturated heterocycles. The average molecular weight is 324 g/mol. The zero-order valence-corrected chi connectivity index (χ0v) is 9.13. The van der Waals surface area contributed by atoms with Gasteiger partial charge in [-0.05, 0) is 0 Å². The Labute approximate surface area is 92.5 Å². The highest BCUT2D eigenvalue weighted by Crippen LogP contribution is 2.20. The van der Waals surface area contributed by atoms with Crippen molar-refractivity contribution in [3.63, 3.8) is 0 Å². The summed E-state index contributed by atoms with van der Waals surface area (Å²) in [5.74, 6) is 0. The maximum atomic E-state index is 11.8. The Balaban J connectivity index is 2.15. The minimum absolute atomic E-state index is 0.214. The fourth-order valence-corrected chi connectivity index (χ4v) is 1.36. The van der Waals surface area contributed by atoms with Crippen LogP contribution in [-0.2, 0) is 3.07 Å². The number of likely N-dealkylation sites (tertiary alicyclic amines) is 1. The second kappa shape index (κ2) is 4.51. The van der Waals surface area contributed by atoms with Gasteiger partial charge in [0.05, 0.1) is 12.6 Å². The second-order valence-electron chi connectivity index (χ2n) is 3.02. The molecular formula is C6H8F3IN2O2. The second-order valence-corrected chi connectivity index (χ2v) is 3.46. The molecule has 0 aromatic carbocycles. The van der Waals surface area contributed by atoms with E-state index in [0.717, 1.165) is 0 Å². The number of amides is 1. The molecule has 14 heavy (non-hydrogen) atoms. The quantitative estimate of drug-likeness (QED) is 0.779. The highest BCUT2D eigenvalue weighted by Gasteiger charge is 2.37. The number of nitrogens with zero attached hydrogens (tertiary/aromatic N) is 1. The van der Waals surface area contributed by atoms with Crippen LogP contribution in [0.2, 0.25) is 0 Å². The van der Waals surface area contributed by atoms with E-state index in [1.54, 1.807) is 0 Å². The molecule has 0 aliphatic carbocycles. The standard InChI is InChI=1S/C6H8F3IN2O2/c7-6(8,9)3-12-1-4(2-12)11-5(13)14-10/h4H,1-3H2,(H,11,13). The number of nitrogens with one attached hydrogen (secondary N) is 1. The van der Waals surface area contributed by atoms with Crippen molar-refractivity contribution < 1.29 is 21.0 Å². The van der Waals surface area contributed by atoms with Crippen molar-refractivity contribution in [3.8, 4) is 0 Å². The molecule has 1 aliphatic rings. The average Bonchev–Trinajstić information content (AvgIpc) is 1.97. The van der Waals surface area contributed by atoms with Crippen LogP contribution in [0.4, 0.5) is 18.0 Å². The third-order valence-corrected chi connectivity index (χ3v) is 2.15. The molecule has 1 aliphatic heterocycles. The summed E-state index contributed by atoms with van der Waals surface area (Å²) < 4.78 is 39.8. The first-order valence-electron chi connectivity index (χ1n) is 3.79. The van der Waals surface area contributed by atoms with Gasteiger partial charge in [-0.2, -0.15) is 13.2 Å². The normalized spacial score (nSPS) is 18.9. The zero-order valence-electron chi connectivity index (χ0n) is 6.97. The van der Waals surface area contributed by atoms with E-state index in [1.165, 1.54) is 27.9 Å². The number of carbonyl (C=O) groups excluding carboxylic acids is 1. The molecule has 1 amide bonds.